The maximum atomic E-state index is 11.0. The maximum Gasteiger partial charge on any atom is 0.407 e. The Kier molecular flexibility index (Phi) is 5.49. The van der Waals surface area contributed by atoms with Crippen molar-refractivity contribution in [2.24, 2.45) is 0 Å². The Bertz CT molecular complexity index is 784. The summed E-state index contributed by atoms with van der Waals surface area (Å²) in [6, 6.07) is 8.27. The average Bonchev–Trinajstić information content (AvgIpc) is 3.01. The zero-order valence-corrected chi connectivity index (χ0v) is 15.7. The molecule has 1 saturated heterocycles. The van der Waals surface area contributed by atoms with Crippen LogP contribution in [-0.4, -0.2) is 57.2 Å². The molecule has 5 nitrogen and oxygen atoms in total. The van der Waals surface area contributed by atoms with Gasteiger partial charge >= 0.3 is 6.09 Å². The molecule has 25 heavy (non-hydrogen) atoms. The number of fused-ring (bicyclic) bond motifs is 1. The number of likely N-dealkylation sites (tertiary alicyclic amines) is 1. The van der Waals surface area contributed by atoms with Crippen molar-refractivity contribution >= 4 is 45.8 Å². The zero-order valence-electron chi connectivity index (χ0n) is 14.2. The number of H-pyrrole nitrogens is 1. The Morgan fingerprint density at radius 2 is 2.12 bits per heavy atom. The number of carboxylic acid groups (broad SMARTS) is 1. The summed E-state index contributed by atoms with van der Waals surface area (Å²) in [5.41, 5.74) is 2.23. The third kappa shape index (κ3) is 4.25. The van der Waals surface area contributed by atoms with Crippen LogP contribution in [0.5, 0.6) is 0 Å². The number of carbonyl (C=O) groups is 1. The van der Waals surface area contributed by atoms with Gasteiger partial charge < -0.3 is 19.9 Å². The molecule has 0 saturated carbocycles. The number of aryl methyl sites for hydroxylation is 1. The van der Waals surface area contributed by atoms with Crippen LogP contribution >= 0.6 is 23.8 Å². The van der Waals surface area contributed by atoms with E-state index in [9.17, 15) is 4.79 Å². The number of thiocarbonyl (C=S) groups is 1. The van der Waals surface area contributed by atoms with Crippen LogP contribution in [0.25, 0.3) is 10.9 Å². The smallest absolute Gasteiger partial charge is 0.407 e. The van der Waals surface area contributed by atoms with Crippen LogP contribution in [0, 0.1) is 0 Å². The van der Waals surface area contributed by atoms with Crippen LogP contribution in [-0.2, 0) is 6.42 Å². The molecule has 7 heteroatoms. The molecule has 3 rings (SSSR count). The lowest BCUT2D eigenvalue weighted by molar-refractivity contribution is 0.120. The number of nitrogens with zero attached hydrogens (tertiary/aromatic N) is 2. The highest BCUT2D eigenvalue weighted by Gasteiger charge is 2.25. The lowest BCUT2D eigenvalue weighted by atomic mass is 10.0. The van der Waals surface area contributed by atoms with Gasteiger partial charge in [-0.3, -0.25) is 0 Å². The Labute approximate surface area is 157 Å². The quantitative estimate of drug-likeness (QED) is 0.783. The fourth-order valence-electron chi connectivity index (χ4n) is 3.36. The molecular weight excluding hydrogens is 358 g/mol. The number of nitrogens with one attached hydrogen (secondary N) is 1. The van der Waals surface area contributed by atoms with Crippen LogP contribution in [0.2, 0.25) is 5.02 Å². The summed E-state index contributed by atoms with van der Waals surface area (Å²) in [6.07, 6.45) is 2.47. The van der Waals surface area contributed by atoms with E-state index in [1.54, 1.807) is 0 Å². The highest BCUT2D eigenvalue weighted by atomic mass is 35.5. The van der Waals surface area contributed by atoms with Crippen molar-refractivity contribution in [1.29, 1.82) is 0 Å². The van der Waals surface area contributed by atoms with Crippen molar-refractivity contribution in [3.63, 3.8) is 0 Å². The minimum absolute atomic E-state index is 0.324. The third-order valence-corrected chi connectivity index (χ3v) is 5.65. The molecule has 0 bridgehead atoms. The number of aromatic amines is 1. The summed E-state index contributed by atoms with van der Waals surface area (Å²) >= 11 is 11.6. The number of hydrogen-bond acceptors (Lipinski definition) is 2. The summed E-state index contributed by atoms with van der Waals surface area (Å²) < 4.78 is 0. The van der Waals surface area contributed by atoms with E-state index >= 15 is 0 Å². The van der Waals surface area contributed by atoms with E-state index in [0.717, 1.165) is 52.3 Å². The second-order valence-corrected chi connectivity index (χ2v) is 7.44. The minimum Gasteiger partial charge on any atom is -0.465 e. The van der Waals surface area contributed by atoms with E-state index in [0.29, 0.717) is 19.1 Å². The monoisotopic (exact) mass is 379 g/mol. The second-order valence-electron chi connectivity index (χ2n) is 6.53. The first-order valence-electron chi connectivity index (χ1n) is 8.44. The molecule has 134 valence electrons. The van der Waals surface area contributed by atoms with E-state index < -0.39 is 6.09 Å². The van der Waals surface area contributed by atoms with Crippen molar-refractivity contribution in [1.82, 2.24) is 14.8 Å². The zero-order chi connectivity index (χ0) is 18.0. The highest BCUT2D eigenvalue weighted by Crippen LogP contribution is 2.22. The molecule has 1 aliphatic rings. The standard InChI is InChI=1S/C18H22ClN3O2S/c1-21(15-6-8-22(9-7-15)18(23)24)17(25)5-3-14-11-12-10-13(19)2-4-16(12)20-14/h2,4,10-11,15,20H,3,5-9H2,1H3,(H,23,24). The van der Waals surface area contributed by atoms with Gasteiger partial charge in [-0.15, -0.1) is 0 Å². The van der Waals surface area contributed by atoms with E-state index in [-0.39, 0.29) is 0 Å². The molecule has 2 heterocycles. The molecule has 2 aromatic rings. The first-order valence-corrected chi connectivity index (χ1v) is 9.23. The summed E-state index contributed by atoms with van der Waals surface area (Å²) in [4.78, 5) is 18.9. The van der Waals surface area contributed by atoms with Crippen LogP contribution in [0.4, 0.5) is 4.79 Å². The number of benzene rings is 1. The van der Waals surface area contributed by atoms with E-state index in [2.05, 4.69) is 16.0 Å². The number of piperidine rings is 1. The van der Waals surface area contributed by atoms with Crippen LogP contribution in [0.1, 0.15) is 25.0 Å². The second kappa shape index (κ2) is 7.62. The van der Waals surface area contributed by atoms with Crippen LogP contribution < -0.4 is 0 Å². The third-order valence-electron chi connectivity index (χ3n) is 4.92. The average molecular weight is 380 g/mol. The SMILES string of the molecule is CN(C(=S)CCc1cc2cc(Cl)ccc2[nH]1)C1CCN(C(=O)O)CC1. The fourth-order valence-corrected chi connectivity index (χ4v) is 3.80. The van der Waals surface area contributed by atoms with E-state index in [4.69, 9.17) is 28.9 Å². The Hall–Kier alpha value is -1.79. The first-order chi connectivity index (χ1) is 11.9. The van der Waals surface area contributed by atoms with Crippen molar-refractivity contribution in [3.8, 4) is 0 Å². The number of aromatic nitrogens is 1. The predicted octanol–water partition coefficient (Wildman–Crippen LogP) is 4.16. The van der Waals surface area contributed by atoms with E-state index in [1.165, 1.54) is 4.90 Å². The molecule has 1 aromatic heterocycles. The van der Waals surface area contributed by atoms with Crippen molar-refractivity contribution in [2.75, 3.05) is 20.1 Å². The molecule has 1 aromatic carbocycles. The lowest BCUT2D eigenvalue weighted by Gasteiger charge is -2.36. The number of amides is 1. The Balaban J connectivity index is 1.53. The van der Waals surface area contributed by atoms with Gasteiger partial charge in [-0.05, 0) is 43.5 Å². The van der Waals surface area contributed by atoms with Crippen LogP contribution in [0.3, 0.4) is 0 Å². The van der Waals surface area contributed by atoms with Crippen molar-refractivity contribution in [2.45, 2.75) is 31.7 Å². The van der Waals surface area contributed by atoms with Gasteiger partial charge in [-0.25, -0.2) is 4.79 Å². The summed E-state index contributed by atoms with van der Waals surface area (Å²) in [5, 5.41) is 10.9. The first kappa shape index (κ1) is 18.0. The molecule has 1 aliphatic heterocycles. The molecule has 1 amide bonds. The molecule has 0 radical (unpaired) electrons. The van der Waals surface area contributed by atoms with Gasteiger partial charge in [-0.1, -0.05) is 23.8 Å². The van der Waals surface area contributed by atoms with Gasteiger partial charge in [0.1, 0.15) is 0 Å². The minimum atomic E-state index is -0.831. The molecule has 2 N–H and O–H groups in total. The van der Waals surface area contributed by atoms with Gasteiger partial charge in [-0.2, -0.15) is 0 Å². The van der Waals surface area contributed by atoms with Crippen molar-refractivity contribution in [3.05, 3.63) is 35.0 Å². The number of rotatable bonds is 4. The molecule has 1 fully saturated rings. The molecule has 0 aliphatic carbocycles. The summed E-state index contributed by atoms with van der Waals surface area (Å²) in [6.45, 7) is 1.16. The van der Waals surface area contributed by atoms with Gasteiger partial charge in [0.05, 0.1) is 4.99 Å². The fraction of sp³-hybridized carbons (Fsp3) is 0.444. The highest BCUT2D eigenvalue weighted by molar-refractivity contribution is 7.80. The maximum absolute atomic E-state index is 11.0. The molecule has 0 atom stereocenters. The van der Waals surface area contributed by atoms with Gasteiger partial charge in [0.2, 0.25) is 0 Å². The summed E-state index contributed by atoms with van der Waals surface area (Å²) in [5.74, 6) is 0. The lowest BCUT2D eigenvalue weighted by Crippen LogP contribution is -2.46. The summed E-state index contributed by atoms with van der Waals surface area (Å²) in [7, 11) is 2.02. The molecular formula is C18H22ClN3O2S. The van der Waals surface area contributed by atoms with Gasteiger partial charge in [0.15, 0.2) is 0 Å². The molecule has 0 unspecified atom stereocenters. The normalized spacial score (nSPS) is 15.5. The Morgan fingerprint density at radius 3 is 2.80 bits per heavy atom. The number of hydrogen-bond donors (Lipinski definition) is 2. The topological polar surface area (TPSA) is 59.6 Å². The largest absolute Gasteiger partial charge is 0.465 e. The van der Waals surface area contributed by atoms with E-state index in [1.807, 2.05) is 25.2 Å². The van der Waals surface area contributed by atoms with Gasteiger partial charge in [0.25, 0.3) is 0 Å². The molecule has 0 spiro atoms. The predicted molar refractivity (Wildman–Crippen MR) is 105 cm³/mol. The van der Waals surface area contributed by atoms with Crippen molar-refractivity contribution < 1.29 is 9.90 Å². The Morgan fingerprint density at radius 1 is 1.40 bits per heavy atom. The van der Waals surface area contributed by atoms with Gasteiger partial charge in [0, 0.05) is 54.2 Å². The number of halogens is 1. The van der Waals surface area contributed by atoms with Crippen LogP contribution in [0.15, 0.2) is 24.3 Å².